The Kier molecular flexibility index (Phi) is 10.1. The summed E-state index contributed by atoms with van der Waals surface area (Å²) in [5.74, 6) is 1.48. The number of guanidine groups is 1. The Hall–Kier alpha value is -1.98. The molecule has 2 rings (SSSR count). The largest absolute Gasteiger partial charge is 0.484 e. The van der Waals surface area contributed by atoms with Gasteiger partial charge in [-0.1, -0.05) is 24.2 Å². The van der Waals surface area contributed by atoms with Crippen molar-refractivity contribution in [3.8, 4) is 5.75 Å². The minimum Gasteiger partial charge on any atom is -0.484 e. The smallest absolute Gasteiger partial charge is 0.422 e. The summed E-state index contributed by atoms with van der Waals surface area (Å²) in [5, 5.41) is 10.2. The van der Waals surface area contributed by atoms with E-state index in [1.807, 2.05) is 19.9 Å². The summed E-state index contributed by atoms with van der Waals surface area (Å²) < 4.78 is 46.4. The molecule has 2 N–H and O–H groups in total. The van der Waals surface area contributed by atoms with E-state index in [9.17, 15) is 13.2 Å². The van der Waals surface area contributed by atoms with Gasteiger partial charge in [-0.3, -0.25) is 0 Å². The average molecular weight is 512 g/mol. The highest BCUT2D eigenvalue weighted by atomic mass is 127. The van der Waals surface area contributed by atoms with Crippen LogP contribution in [-0.4, -0.2) is 30.4 Å². The number of halogens is 4. The van der Waals surface area contributed by atoms with E-state index in [1.165, 1.54) is 12.1 Å². The Morgan fingerprint density at radius 2 is 1.89 bits per heavy atom. The first kappa shape index (κ1) is 24.1. The number of nitrogens with zero attached hydrogens (tertiary/aromatic N) is 2. The second-order valence-electron chi connectivity index (χ2n) is 5.73. The zero-order chi connectivity index (χ0) is 19.7. The summed E-state index contributed by atoms with van der Waals surface area (Å²) >= 11 is 0. The highest BCUT2D eigenvalue weighted by Gasteiger charge is 2.28. The maximum atomic E-state index is 12.2. The number of ether oxygens (including phenoxy) is 1. The molecule has 156 valence electrons. The lowest BCUT2D eigenvalue weighted by atomic mass is 10.2. The van der Waals surface area contributed by atoms with Gasteiger partial charge < -0.3 is 19.9 Å². The lowest BCUT2D eigenvalue weighted by molar-refractivity contribution is -0.153. The van der Waals surface area contributed by atoms with Gasteiger partial charge in [0.1, 0.15) is 5.75 Å². The van der Waals surface area contributed by atoms with Crippen LogP contribution in [0.5, 0.6) is 5.75 Å². The van der Waals surface area contributed by atoms with Gasteiger partial charge in [-0.2, -0.15) is 13.2 Å². The first-order valence-electron chi connectivity index (χ1n) is 8.64. The third kappa shape index (κ3) is 8.81. The molecule has 0 aliphatic rings. The molecule has 2 aromatic rings. The van der Waals surface area contributed by atoms with Crippen molar-refractivity contribution >= 4 is 29.9 Å². The van der Waals surface area contributed by atoms with Crippen LogP contribution in [0.1, 0.15) is 30.9 Å². The predicted octanol–water partition coefficient (Wildman–Crippen LogP) is 4.05. The molecule has 28 heavy (non-hydrogen) atoms. The Bertz CT molecular complexity index is 733. The molecule has 0 fully saturated rings. The zero-order valence-corrected chi connectivity index (χ0v) is 18.0. The van der Waals surface area contributed by atoms with Crippen LogP contribution in [-0.2, 0) is 19.5 Å². The Balaban J connectivity index is 0.00000392. The summed E-state index contributed by atoms with van der Waals surface area (Å²) in [6.07, 6.45) is -3.54. The van der Waals surface area contributed by atoms with E-state index in [-0.39, 0.29) is 29.7 Å². The number of hydrogen-bond donors (Lipinski definition) is 2. The first-order valence-corrected chi connectivity index (χ1v) is 8.64. The molecule has 0 saturated carbocycles. The molecule has 10 heteroatoms. The van der Waals surface area contributed by atoms with Crippen molar-refractivity contribution in [1.29, 1.82) is 0 Å². The highest BCUT2D eigenvalue weighted by molar-refractivity contribution is 14.0. The number of aryl methyl sites for hydroxylation is 1. The van der Waals surface area contributed by atoms with E-state index < -0.39 is 12.8 Å². The van der Waals surface area contributed by atoms with Gasteiger partial charge in [0.2, 0.25) is 0 Å². The SMILES string of the molecule is CCNC(=NCc1ccc(OCC(F)(F)F)cc1)NCc1cc(CC)no1.I. The normalized spacial score (nSPS) is 11.7. The van der Waals surface area contributed by atoms with Gasteiger partial charge in [-0.15, -0.1) is 24.0 Å². The van der Waals surface area contributed by atoms with Crippen molar-refractivity contribution in [2.75, 3.05) is 13.2 Å². The zero-order valence-electron chi connectivity index (χ0n) is 15.7. The minimum absolute atomic E-state index is 0. The van der Waals surface area contributed by atoms with Gasteiger partial charge in [0, 0.05) is 12.6 Å². The van der Waals surface area contributed by atoms with Crippen molar-refractivity contribution in [2.24, 2.45) is 4.99 Å². The van der Waals surface area contributed by atoms with Gasteiger partial charge in [0.25, 0.3) is 0 Å². The topological polar surface area (TPSA) is 71.7 Å². The van der Waals surface area contributed by atoms with Gasteiger partial charge in [-0.05, 0) is 31.0 Å². The summed E-state index contributed by atoms with van der Waals surface area (Å²) in [4.78, 5) is 4.45. The molecule has 0 aliphatic heterocycles. The van der Waals surface area contributed by atoms with E-state index >= 15 is 0 Å². The highest BCUT2D eigenvalue weighted by Crippen LogP contribution is 2.19. The number of benzene rings is 1. The maximum Gasteiger partial charge on any atom is 0.422 e. The van der Waals surface area contributed by atoms with Crippen molar-refractivity contribution in [3.63, 3.8) is 0 Å². The monoisotopic (exact) mass is 512 g/mol. The van der Waals surface area contributed by atoms with Crippen LogP contribution in [0.15, 0.2) is 39.8 Å². The summed E-state index contributed by atoms with van der Waals surface area (Å²) in [7, 11) is 0. The van der Waals surface area contributed by atoms with Crippen molar-refractivity contribution in [3.05, 3.63) is 47.3 Å². The molecule has 1 aromatic carbocycles. The fraction of sp³-hybridized carbons (Fsp3) is 0.444. The second kappa shape index (κ2) is 11.8. The molecule has 0 amide bonds. The number of nitrogens with one attached hydrogen (secondary N) is 2. The fourth-order valence-electron chi connectivity index (χ4n) is 2.14. The predicted molar refractivity (Wildman–Crippen MR) is 111 cm³/mol. The van der Waals surface area contributed by atoms with Crippen molar-refractivity contribution in [2.45, 2.75) is 39.5 Å². The Morgan fingerprint density at radius 1 is 1.18 bits per heavy atom. The van der Waals surface area contributed by atoms with Crippen LogP contribution >= 0.6 is 24.0 Å². The molecular formula is C18H24F3IN4O2. The van der Waals surface area contributed by atoms with Crippen LogP contribution < -0.4 is 15.4 Å². The summed E-state index contributed by atoms with van der Waals surface area (Å²) in [6.45, 7) is 4.15. The standard InChI is InChI=1S/C18H23F3N4O2.HI/c1-3-14-9-16(27-25-14)11-24-17(22-4-2)23-10-13-5-7-15(8-6-13)26-12-18(19,20)21;/h5-9H,3-4,10-12H2,1-2H3,(H2,22,23,24);1H. The molecule has 0 bridgehead atoms. The molecular weight excluding hydrogens is 488 g/mol. The van der Waals surface area contributed by atoms with Crippen molar-refractivity contribution < 1.29 is 22.4 Å². The van der Waals surface area contributed by atoms with E-state index in [0.29, 0.717) is 31.4 Å². The van der Waals surface area contributed by atoms with Crippen LogP contribution in [0.4, 0.5) is 13.2 Å². The number of hydrogen-bond acceptors (Lipinski definition) is 4. The molecule has 0 aliphatic carbocycles. The molecule has 1 heterocycles. The number of rotatable bonds is 8. The molecule has 6 nitrogen and oxygen atoms in total. The van der Waals surface area contributed by atoms with E-state index in [0.717, 1.165) is 17.7 Å². The second-order valence-corrected chi connectivity index (χ2v) is 5.73. The molecule has 0 unspecified atom stereocenters. The fourth-order valence-corrected chi connectivity index (χ4v) is 2.14. The van der Waals surface area contributed by atoms with Gasteiger partial charge in [0.05, 0.1) is 18.8 Å². The van der Waals surface area contributed by atoms with Crippen molar-refractivity contribution in [1.82, 2.24) is 15.8 Å². The molecule has 0 saturated heterocycles. The molecule has 1 aromatic heterocycles. The third-order valence-electron chi connectivity index (χ3n) is 3.49. The van der Waals surface area contributed by atoms with Crippen LogP contribution in [0.25, 0.3) is 0 Å². The first-order chi connectivity index (χ1) is 12.9. The lowest BCUT2D eigenvalue weighted by Gasteiger charge is -2.11. The third-order valence-corrected chi connectivity index (χ3v) is 3.49. The molecule has 0 radical (unpaired) electrons. The average Bonchev–Trinajstić information content (AvgIpc) is 3.10. The minimum atomic E-state index is -4.35. The molecule has 0 atom stereocenters. The van der Waals surface area contributed by atoms with Gasteiger partial charge in [0.15, 0.2) is 18.3 Å². The Labute approximate surface area is 178 Å². The maximum absolute atomic E-state index is 12.2. The number of aliphatic imine (C=N–C) groups is 1. The quantitative estimate of drug-likeness (QED) is 0.318. The lowest BCUT2D eigenvalue weighted by Crippen LogP contribution is -2.36. The molecule has 0 spiro atoms. The number of aromatic nitrogens is 1. The van der Waals surface area contributed by atoms with Crippen LogP contribution in [0.2, 0.25) is 0 Å². The van der Waals surface area contributed by atoms with E-state index in [2.05, 4.69) is 25.5 Å². The van der Waals surface area contributed by atoms with Gasteiger partial charge >= 0.3 is 6.18 Å². The summed E-state index contributed by atoms with van der Waals surface area (Å²) in [5.41, 5.74) is 1.74. The summed E-state index contributed by atoms with van der Waals surface area (Å²) in [6, 6.07) is 8.25. The number of alkyl halides is 3. The van der Waals surface area contributed by atoms with E-state index in [4.69, 9.17) is 4.52 Å². The Morgan fingerprint density at radius 3 is 2.46 bits per heavy atom. The van der Waals surface area contributed by atoms with Crippen LogP contribution in [0.3, 0.4) is 0 Å². The van der Waals surface area contributed by atoms with E-state index in [1.54, 1.807) is 12.1 Å². The van der Waals surface area contributed by atoms with Gasteiger partial charge in [-0.25, -0.2) is 4.99 Å². The van der Waals surface area contributed by atoms with Crippen LogP contribution in [0, 0.1) is 0 Å².